The summed E-state index contributed by atoms with van der Waals surface area (Å²) in [4.78, 5) is 4.89. The molecule has 146 valence electrons. The first-order chi connectivity index (χ1) is 13.7. The monoisotopic (exact) mass is 376 g/mol. The van der Waals surface area contributed by atoms with Gasteiger partial charge >= 0.3 is 0 Å². The number of benzene rings is 2. The van der Waals surface area contributed by atoms with Crippen LogP contribution in [0, 0.1) is 6.92 Å². The Bertz CT molecular complexity index is 866. The van der Waals surface area contributed by atoms with Crippen molar-refractivity contribution in [1.82, 2.24) is 30.0 Å². The molecule has 28 heavy (non-hydrogen) atoms. The van der Waals surface area contributed by atoms with Gasteiger partial charge in [-0.1, -0.05) is 60.2 Å². The Morgan fingerprint density at radius 2 is 1.64 bits per heavy atom. The highest BCUT2D eigenvalue weighted by Gasteiger charge is 2.29. The van der Waals surface area contributed by atoms with Gasteiger partial charge in [-0.15, -0.1) is 5.10 Å². The fourth-order valence-electron chi connectivity index (χ4n) is 3.80. The maximum atomic E-state index is 4.47. The predicted molar refractivity (Wildman–Crippen MR) is 110 cm³/mol. The number of hydrogen-bond acceptors (Lipinski definition) is 5. The largest absolute Gasteiger partial charge is 0.304 e. The van der Waals surface area contributed by atoms with Crippen LogP contribution in [0.15, 0.2) is 54.6 Å². The first-order valence-electron chi connectivity index (χ1n) is 10.00. The van der Waals surface area contributed by atoms with Gasteiger partial charge in [0.1, 0.15) is 0 Å². The molecule has 3 aromatic rings. The van der Waals surface area contributed by atoms with Gasteiger partial charge in [0.2, 0.25) is 0 Å². The highest BCUT2D eigenvalue weighted by atomic mass is 15.5. The van der Waals surface area contributed by atoms with Crippen molar-refractivity contribution in [3.8, 4) is 0 Å². The Balaban J connectivity index is 1.61. The van der Waals surface area contributed by atoms with Gasteiger partial charge in [0.05, 0.1) is 6.04 Å². The summed E-state index contributed by atoms with van der Waals surface area (Å²) in [7, 11) is 2.18. The van der Waals surface area contributed by atoms with Crippen molar-refractivity contribution in [2.75, 3.05) is 33.2 Å². The first kappa shape index (κ1) is 18.8. The molecule has 2 aromatic carbocycles. The van der Waals surface area contributed by atoms with Crippen LogP contribution in [0.5, 0.6) is 0 Å². The third kappa shape index (κ3) is 4.29. The molecule has 4 rings (SSSR count). The van der Waals surface area contributed by atoms with E-state index in [0.717, 1.165) is 45.0 Å². The summed E-state index contributed by atoms with van der Waals surface area (Å²) in [5, 5.41) is 12.8. The highest BCUT2D eigenvalue weighted by molar-refractivity contribution is 5.28. The summed E-state index contributed by atoms with van der Waals surface area (Å²) in [6, 6.07) is 19.4. The van der Waals surface area contributed by atoms with Crippen LogP contribution in [-0.4, -0.2) is 63.2 Å². The van der Waals surface area contributed by atoms with E-state index in [1.807, 2.05) is 10.7 Å². The lowest BCUT2D eigenvalue weighted by molar-refractivity contribution is 0.121. The molecule has 1 aromatic heterocycles. The predicted octanol–water partition coefficient (Wildman–Crippen LogP) is 2.56. The summed E-state index contributed by atoms with van der Waals surface area (Å²) in [5.41, 5.74) is 3.82. The van der Waals surface area contributed by atoms with E-state index >= 15 is 0 Å². The van der Waals surface area contributed by atoms with Crippen molar-refractivity contribution < 1.29 is 0 Å². The normalized spacial score (nSPS) is 16.9. The Morgan fingerprint density at radius 1 is 0.929 bits per heavy atom. The lowest BCUT2D eigenvalue weighted by Gasteiger charge is -2.37. The second-order valence-corrected chi connectivity index (χ2v) is 7.65. The van der Waals surface area contributed by atoms with E-state index in [0.29, 0.717) is 0 Å². The summed E-state index contributed by atoms with van der Waals surface area (Å²) in [5.74, 6) is 0.935. The van der Waals surface area contributed by atoms with Gasteiger partial charge in [-0.25, -0.2) is 4.68 Å². The quantitative estimate of drug-likeness (QED) is 0.662. The lowest BCUT2D eigenvalue weighted by Crippen LogP contribution is -2.46. The molecule has 2 heterocycles. The van der Waals surface area contributed by atoms with Crippen molar-refractivity contribution in [3.05, 3.63) is 77.1 Å². The molecule has 0 unspecified atom stereocenters. The van der Waals surface area contributed by atoms with Crippen LogP contribution >= 0.6 is 0 Å². The van der Waals surface area contributed by atoms with Gasteiger partial charge in [0.15, 0.2) is 5.82 Å². The number of aryl methyl sites for hydroxylation is 3. The second-order valence-electron chi connectivity index (χ2n) is 7.65. The van der Waals surface area contributed by atoms with E-state index in [4.69, 9.17) is 0 Å². The molecule has 1 aliphatic heterocycles. The fourth-order valence-corrected chi connectivity index (χ4v) is 3.80. The van der Waals surface area contributed by atoms with Crippen LogP contribution in [-0.2, 0) is 13.0 Å². The van der Waals surface area contributed by atoms with Gasteiger partial charge in [-0.05, 0) is 41.9 Å². The molecule has 1 saturated heterocycles. The molecule has 1 atom stereocenters. The van der Waals surface area contributed by atoms with E-state index in [-0.39, 0.29) is 6.04 Å². The maximum Gasteiger partial charge on any atom is 0.173 e. The van der Waals surface area contributed by atoms with Crippen LogP contribution in [0.4, 0.5) is 0 Å². The highest BCUT2D eigenvalue weighted by Crippen LogP contribution is 2.28. The second kappa shape index (κ2) is 8.63. The molecule has 1 fully saturated rings. The van der Waals surface area contributed by atoms with Gasteiger partial charge in [-0.2, -0.15) is 0 Å². The number of hydrogen-bond donors (Lipinski definition) is 0. The van der Waals surface area contributed by atoms with E-state index in [1.165, 1.54) is 16.7 Å². The van der Waals surface area contributed by atoms with Gasteiger partial charge in [-0.3, -0.25) is 4.90 Å². The Morgan fingerprint density at radius 3 is 2.36 bits per heavy atom. The molecule has 0 radical (unpaired) electrons. The van der Waals surface area contributed by atoms with E-state index in [9.17, 15) is 0 Å². The van der Waals surface area contributed by atoms with Crippen molar-refractivity contribution in [1.29, 1.82) is 0 Å². The minimum Gasteiger partial charge on any atom is -0.304 e. The molecule has 6 heteroatoms. The number of aromatic nitrogens is 4. The van der Waals surface area contributed by atoms with Crippen LogP contribution in [0.2, 0.25) is 0 Å². The van der Waals surface area contributed by atoms with Crippen LogP contribution in [0.3, 0.4) is 0 Å². The van der Waals surface area contributed by atoms with Crippen LogP contribution < -0.4 is 0 Å². The zero-order valence-electron chi connectivity index (χ0n) is 16.7. The Kier molecular flexibility index (Phi) is 5.78. The number of nitrogens with zero attached hydrogens (tertiary/aromatic N) is 6. The summed E-state index contributed by atoms with van der Waals surface area (Å²) in [6.45, 7) is 7.06. The van der Waals surface area contributed by atoms with Crippen molar-refractivity contribution in [2.45, 2.75) is 25.9 Å². The van der Waals surface area contributed by atoms with E-state index in [2.05, 4.69) is 87.8 Å². The number of rotatable bonds is 6. The third-order valence-electron chi connectivity index (χ3n) is 5.56. The Hall–Kier alpha value is -2.57. The average molecular weight is 377 g/mol. The van der Waals surface area contributed by atoms with Gasteiger partial charge < -0.3 is 4.90 Å². The standard InChI is InChI=1S/C22H28N6/c1-18-8-10-20(11-9-18)21(27-16-14-26(2)15-17-27)22-23-24-25-28(22)13-12-19-6-4-3-5-7-19/h3-11,21H,12-17H2,1-2H3/t21-/m1/s1. The molecule has 0 saturated carbocycles. The van der Waals surface area contributed by atoms with E-state index in [1.54, 1.807) is 0 Å². The van der Waals surface area contributed by atoms with Crippen LogP contribution in [0.25, 0.3) is 0 Å². The van der Waals surface area contributed by atoms with E-state index < -0.39 is 0 Å². The maximum absolute atomic E-state index is 4.47. The summed E-state index contributed by atoms with van der Waals surface area (Å²) < 4.78 is 1.98. The molecule has 6 nitrogen and oxygen atoms in total. The molecule has 0 bridgehead atoms. The molecule has 0 N–H and O–H groups in total. The number of likely N-dealkylation sites (N-methyl/N-ethyl adjacent to an activating group) is 1. The minimum atomic E-state index is 0.0834. The first-order valence-corrected chi connectivity index (χ1v) is 10.00. The molecule has 1 aliphatic rings. The van der Waals surface area contributed by atoms with Crippen molar-refractivity contribution in [3.63, 3.8) is 0 Å². The molecule has 0 amide bonds. The number of piperazine rings is 1. The van der Waals surface area contributed by atoms with Gasteiger partial charge in [0.25, 0.3) is 0 Å². The molecular weight excluding hydrogens is 348 g/mol. The van der Waals surface area contributed by atoms with Gasteiger partial charge in [0, 0.05) is 32.7 Å². The smallest absolute Gasteiger partial charge is 0.173 e. The minimum absolute atomic E-state index is 0.0834. The Labute approximate surface area is 166 Å². The topological polar surface area (TPSA) is 50.1 Å². The summed E-state index contributed by atoms with van der Waals surface area (Å²) in [6.07, 6.45) is 0.919. The molecule has 0 aliphatic carbocycles. The summed E-state index contributed by atoms with van der Waals surface area (Å²) >= 11 is 0. The fraction of sp³-hybridized carbons (Fsp3) is 0.409. The number of tetrazole rings is 1. The zero-order chi connectivity index (χ0) is 19.3. The zero-order valence-corrected chi connectivity index (χ0v) is 16.7. The third-order valence-corrected chi connectivity index (χ3v) is 5.56. The van der Waals surface area contributed by atoms with Crippen molar-refractivity contribution in [2.24, 2.45) is 0 Å². The SMILES string of the molecule is Cc1ccc([C@H](c2nnnn2CCc2ccccc2)N2CCN(C)CC2)cc1. The lowest BCUT2D eigenvalue weighted by atomic mass is 10.0. The van der Waals surface area contributed by atoms with Crippen LogP contribution in [0.1, 0.15) is 28.6 Å². The molecule has 0 spiro atoms. The van der Waals surface area contributed by atoms with Crippen molar-refractivity contribution >= 4 is 0 Å². The molecular formula is C22H28N6. The average Bonchev–Trinajstić information content (AvgIpc) is 3.18.